The molecule has 116 valence electrons. The number of hydrogen-bond acceptors (Lipinski definition) is 4. The molecular formula is C16H25N3O2. The normalized spacial score (nSPS) is 15.3. The van der Waals surface area contributed by atoms with E-state index < -0.39 is 5.97 Å². The van der Waals surface area contributed by atoms with E-state index in [0.29, 0.717) is 5.69 Å². The molecule has 1 aliphatic rings. The maximum absolute atomic E-state index is 10.9. The first-order valence-corrected chi connectivity index (χ1v) is 7.72. The summed E-state index contributed by atoms with van der Waals surface area (Å²) in [5, 5.41) is 8.98. The molecule has 0 bridgehead atoms. The largest absolute Gasteiger partial charge is 0.478 e. The monoisotopic (exact) mass is 291 g/mol. The van der Waals surface area contributed by atoms with E-state index in [0.717, 1.165) is 31.7 Å². The minimum atomic E-state index is -0.940. The number of carboxylic acid groups (broad SMARTS) is 1. The summed E-state index contributed by atoms with van der Waals surface area (Å²) >= 11 is 0. The number of carboxylic acids is 1. The van der Waals surface area contributed by atoms with Gasteiger partial charge in [0.2, 0.25) is 0 Å². The van der Waals surface area contributed by atoms with Crippen molar-refractivity contribution in [1.29, 1.82) is 0 Å². The summed E-state index contributed by atoms with van der Waals surface area (Å²) in [4.78, 5) is 15.7. The van der Waals surface area contributed by atoms with Gasteiger partial charge >= 0.3 is 5.97 Å². The Labute approximate surface area is 126 Å². The lowest BCUT2D eigenvalue weighted by molar-refractivity contribution is 0.0697. The Balaban J connectivity index is 1.94. The molecule has 1 saturated heterocycles. The number of hydrogen-bond donors (Lipinski definition) is 2. The third-order valence-corrected chi connectivity index (χ3v) is 4.10. The molecule has 5 heteroatoms. The highest BCUT2D eigenvalue weighted by Crippen LogP contribution is 2.24. The van der Waals surface area contributed by atoms with Crippen molar-refractivity contribution in [3.8, 4) is 0 Å². The molecule has 3 N–H and O–H groups in total. The highest BCUT2D eigenvalue weighted by atomic mass is 16.4. The van der Waals surface area contributed by atoms with Gasteiger partial charge in [0, 0.05) is 13.1 Å². The average molecular weight is 291 g/mol. The highest BCUT2D eigenvalue weighted by molar-refractivity contribution is 5.90. The van der Waals surface area contributed by atoms with Gasteiger partial charge in [-0.1, -0.05) is 0 Å². The number of aromatic carboxylic acids is 1. The molecule has 1 aromatic carbocycles. The molecule has 0 amide bonds. The molecule has 0 unspecified atom stereocenters. The van der Waals surface area contributed by atoms with Crippen LogP contribution in [-0.2, 0) is 0 Å². The SMILES string of the molecule is CCN(CCCN1CCCC1)c1ccc(C(=O)O)cc1N. The maximum atomic E-state index is 10.9. The standard InChI is InChI=1S/C16H25N3O2/c1-2-19(11-5-10-18-8-3-4-9-18)15-7-6-13(16(20)21)12-14(15)17/h6-7,12H,2-5,8-11,17H2,1H3,(H,20,21). The Kier molecular flexibility index (Phi) is 5.44. The smallest absolute Gasteiger partial charge is 0.335 e. The van der Waals surface area contributed by atoms with Crippen molar-refractivity contribution < 1.29 is 9.90 Å². The lowest BCUT2D eigenvalue weighted by Gasteiger charge is -2.26. The first kappa shape index (κ1) is 15.6. The zero-order chi connectivity index (χ0) is 15.2. The van der Waals surface area contributed by atoms with E-state index in [-0.39, 0.29) is 5.56 Å². The fraction of sp³-hybridized carbons (Fsp3) is 0.562. The molecule has 0 aliphatic carbocycles. The van der Waals surface area contributed by atoms with Crippen LogP contribution in [0.4, 0.5) is 11.4 Å². The van der Waals surface area contributed by atoms with Crippen molar-refractivity contribution in [3.05, 3.63) is 23.8 Å². The van der Waals surface area contributed by atoms with Gasteiger partial charge in [0.25, 0.3) is 0 Å². The van der Waals surface area contributed by atoms with Gasteiger partial charge in [-0.25, -0.2) is 4.79 Å². The summed E-state index contributed by atoms with van der Waals surface area (Å²) in [7, 11) is 0. The van der Waals surface area contributed by atoms with Gasteiger partial charge in [0.15, 0.2) is 0 Å². The predicted octanol–water partition coefficient (Wildman–Crippen LogP) is 2.28. The van der Waals surface area contributed by atoms with E-state index in [1.54, 1.807) is 12.1 Å². The Morgan fingerprint density at radius 3 is 2.67 bits per heavy atom. The van der Waals surface area contributed by atoms with Gasteiger partial charge in [-0.2, -0.15) is 0 Å². The fourth-order valence-electron chi connectivity index (χ4n) is 2.92. The summed E-state index contributed by atoms with van der Waals surface area (Å²) in [6, 6.07) is 4.98. The quantitative estimate of drug-likeness (QED) is 0.754. The number of nitrogens with zero attached hydrogens (tertiary/aromatic N) is 2. The number of likely N-dealkylation sites (tertiary alicyclic amines) is 1. The van der Waals surface area contributed by atoms with Gasteiger partial charge < -0.3 is 20.6 Å². The van der Waals surface area contributed by atoms with Gasteiger partial charge in [-0.05, 0) is 64.0 Å². The Bertz CT molecular complexity index is 484. The molecule has 0 saturated carbocycles. The molecule has 1 heterocycles. The first-order chi connectivity index (χ1) is 10.1. The van der Waals surface area contributed by atoms with Crippen LogP contribution in [0.15, 0.2) is 18.2 Å². The molecule has 1 fully saturated rings. The number of carbonyl (C=O) groups is 1. The van der Waals surface area contributed by atoms with Crippen molar-refractivity contribution in [2.24, 2.45) is 0 Å². The fourth-order valence-corrected chi connectivity index (χ4v) is 2.92. The molecule has 1 aromatic rings. The summed E-state index contributed by atoms with van der Waals surface area (Å²) < 4.78 is 0. The zero-order valence-corrected chi connectivity index (χ0v) is 12.7. The molecule has 21 heavy (non-hydrogen) atoms. The van der Waals surface area contributed by atoms with Crippen LogP contribution in [-0.4, -0.2) is 48.7 Å². The van der Waals surface area contributed by atoms with Crippen molar-refractivity contribution in [2.75, 3.05) is 43.4 Å². The van der Waals surface area contributed by atoms with Crippen molar-refractivity contribution in [2.45, 2.75) is 26.2 Å². The average Bonchev–Trinajstić information content (AvgIpc) is 2.97. The van der Waals surface area contributed by atoms with Crippen LogP contribution in [0.5, 0.6) is 0 Å². The van der Waals surface area contributed by atoms with Crippen LogP contribution in [0.1, 0.15) is 36.5 Å². The second-order valence-electron chi connectivity index (χ2n) is 5.56. The van der Waals surface area contributed by atoms with Crippen LogP contribution >= 0.6 is 0 Å². The molecule has 2 rings (SSSR count). The molecule has 5 nitrogen and oxygen atoms in total. The number of anilines is 2. The Morgan fingerprint density at radius 2 is 2.10 bits per heavy atom. The van der Waals surface area contributed by atoms with E-state index in [4.69, 9.17) is 10.8 Å². The molecule has 0 radical (unpaired) electrons. The third-order valence-electron chi connectivity index (χ3n) is 4.10. The topological polar surface area (TPSA) is 69.8 Å². The van der Waals surface area contributed by atoms with Crippen molar-refractivity contribution >= 4 is 17.3 Å². The second-order valence-corrected chi connectivity index (χ2v) is 5.56. The maximum Gasteiger partial charge on any atom is 0.335 e. The number of nitrogens with two attached hydrogens (primary N) is 1. The van der Waals surface area contributed by atoms with Crippen molar-refractivity contribution in [1.82, 2.24) is 4.90 Å². The minimum absolute atomic E-state index is 0.240. The number of benzene rings is 1. The van der Waals surface area contributed by atoms with Crippen LogP contribution in [0.25, 0.3) is 0 Å². The van der Waals surface area contributed by atoms with E-state index in [9.17, 15) is 4.79 Å². The Morgan fingerprint density at radius 1 is 1.38 bits per heavy atom. The molecular weight excluding hydrogens is 266 g/mol. The van der Waals surface area contributed by atoms with Gasteiger partial charge in [-0.3, -0.25) is 0 Å². The zero-order valence-electron chi connectivity index (χ0n) is 12.7. The van der Waals surface area contributed by atoms with Crippen LogP contribution < -0.4 is 10.6 Å². The number of rotatable bonds is 7. The first-order valence-electron chi connectivity index (χ1n) is 7.72. The lowest BCUT2D eigenvalue weighted by atomic mass is 10.1. The van der Waals surface area contributed by atoms with Crippen LogP contribution in [0, 0.1) is 0 Å². The lowest BCUT2D eigenvalue weighted by Crippen LogP contribution is -2.29. The molecule has 0 spiro atoms. The van der Waals surface area contributed by atoms with Crippen LogP contribution in [0.2, 0.25) is 0 Å². The van der Waals surface area contributed by atoms with E-state index in [2.05, 4.69) is 16.7 Å². The predicted molar refractivity (Wildman–Crippen MR) is 86.0 cm³/mol. The summed E-state index contributed by atoms with van der Waals surface area (Å²) in [6.07, 6.45) is 3.75. The molecule has 1 aliphatic heterocycles. The van der Waals surface area contributed by atoms with E-state index in [1.165, 1.54) is 25.9 Å². The summed E-state index contributed by atoms with van der Waals surface area (Å²) in [6.45, 7) is 7.49. The second kappa shape index (κ2) is 7.31. The molecule has 0 atom stereocenters. The van der Waals surface area contributed by atoms with Gasteiger partial charge in [0.1, 0.15) is 0 Å². The summed E-state index contributed by atoms with van der Waals surface area (Å²) in [5.41, 5.74) is 7.73. The Hall–Kier alpha value is -1.75. The van der Waals surface area contributed by atoms with Gasteiger partial charge in [0.05, 0.1) is 16.9 Å². The van der Waals surface area contributed by atoms with E-state index in [1.807, 2.05) is 6.07 Å². The number of nitrogen functional groups attached to an aromatic ring is 1. The molecule has 0 aromatic heterocycles. The highest BCUT2D eigenvalue weighted by Gasteiger charge is 2.13. The van der Waals surface area contributed by atoms with E-state index >= 15 is 0 Å². The third kappa shape index (κ3) is 4.11. The van der Waals surface area contributed by atoms with Crippen LogP contribution in [0.3, 0.4) is 0 Å². The van der Waals surface area contributed by atoms with Gasteiger partial charge in [-0.15, -0.1) is 0 Å². The minimum Gasteiger partial charge on any atom is -0.478 e. The summed E-state index contributed by atoms with van der Waals surface area (Å²) in [5.74, 6) is -0.940. The van der Waals surface area contributed by atoms with Crippen molar-refractivity contribution in [3.63, 3.8) is 0 Å².